The molecule has 13 heteroatoms. The van der Waals surface area contributed by atoms with Gasteiger partial charge in [-0.2, -0.15) is 0 Å². The van der Waals surface area contributed by atoms with Crippen LogP contribution >= 0.6 is 0 Å². The second-order valence-electron chi connectivity index (χ2n) is 17.9. The predicted molar refractivity (Wildman–Crippen MR) is 229 cm³/mol. The monoisotopic (exact) mass is 826 g/mol. The molecule has 2 aromatic carbocycles. The molecule has 0 saturated heterocycles. The number of nitrogens with one attached hydrogen (secondary N) is 3. The highest BCUT2D eigenvalue weighted by Crippen LogP contribution is 2.37. The van der Waals surface area contributed by atoms with Gasteiger partial charge in [0.25, 0.3) is 0 Å². The molecule has 3 aromatic rings. The molecule has 13 nitrogen and oxygen atoms in total. The summed E-state index contributed by atoms with van der Waals surface area (Å²) in [5.74, 6) is -2.92. The first kappa shape index (κ1) is 45.6. The minimum Gasteiger partial charge on any atom is -0.497 e. The molecular formula is C47H62N4O9. The van der Waals surface area contributed by atoms with E-state index in [9.17, 15) is 24.0 Å². The van der Waals surface area contributed by atoms with E-state index in [4.69, 9.17) is 23.9 Å². The summed E-state index contributed by atoms with van der Waals surface area (Å²) in [6, 6.07) is 14.0. The summed E-state index contributed by atoms with van der Waals surface area (Å²) in [5.41, 5.74) is 0.620. The average Bonchev–Trinajstić information content (AvgIpc) is 3.64. The van der Waals surface area contributed by atoms with Gasteiger partial charge in [-0.05, 0) is 69.6 Å². The number of ether oxygens (including phenoxy) is 4. The van der Waals surface area contributed by atoms with Gasteiger partial charge in [-0.15, -0.1) is 0 Å². The lowest BCUT2D eigenvalue weighted by atomic mass is 9.82. The zero-order valence-electron chi connectivity index (χ0n) is 36.5. The van der Waals surface area contributed by atoms with E-state index in [1.54, 1.807) is 40.0 Å². The highest BCUT2D eigenvalue weighted by molar-refractivity contribution is 6.04. The van der Waals surface area contributed by atoms with Crippen molar-refractivity contribution in [1.29, 1.82) is 0 Å². The van der Waals surface area contributed by atoms with Crippen LogP contribution in [0.1, 0.15) is 99.8 Å². The van der Waals surface area contributed by atoms with Crippen molar-refractivity contribution >= 4 is 40.6 Å². The maximum absolute atomic E-state index is 14.6. The summed E-state index contributed by atoms with van der Waals surface area (Å²) < 4.78 is 22.9. The molecule has 1 heterocycles. The van der Waals surface area contributed by atoms with E-state index < -0.39 is 70.8 Å². The van der Waals surface area contributed by atoms with Crippen LogP contribution in [0.4, 0.5) is 0 Å². The Bertz CT molecular complexity index is 2050. The molecule has 1 saturated carbocycles. The largest absolute Gasteiger partial charge is 0.497 e. The molecule has 5 unspecified atom stereocenters. The first-order valence-corrected chi connectivity index (χ1v) is 21.1. The zero-order chi connectivity index (χ0) is 43.8. The van der Waals surface area contributed by atoms with Gasteiger partial charge in [0.1, 0.15) is 41.3 Å². The van der Waals surface area contributed by atoms with Crippen LogP contribution in [0.3, 0.4) is 0 Å². The molecule has 60 heavy (non-hydrogen) atoms. The maximum atomic E-state index is 14.6. The third kappa shape index (κ3) is 11.6. The van der Waals surface area contributed by atoms with Crippen molar-refractivity contribution in [3.05, 3.63) is 66.2 Å². The Balaban J connectivity index is 1.50. The number of benzene rings is 2. The van der Waals surface area contributed by atoms with E-state index in [-0.39, 0.29) is 17.9 Å². The number of hydrogen-bond acceptors (Lipinski definition) is 10. The number of aromatic nitrogens is 1. The van der Waals surface area contributed by atoms with Crippen molar-refractivity contribution in [2.24, 2.45) is 17.3 Å². The molecule has 1 fully saturated rings. The van der Waals surface area contributed by atoms with Gasteiger partial charge in [-0.3, -0.25) is 14.4 Å². The third-order valence-electron chi connectivity index (χ3n) is 11.0. The Labute approximate surface area is 353 Å². The molecule has 5 rings (SSSR count). The number of methoxy groups -OCH3 is 2. The Morgan fingerprint density at radius 3 is 2.17 bits per heavy atom. The van der Waals surface area contributed by atoms with Crippen LogP contribution in [0.2, 0.25) is 0 Å². The van der Waals surface area contributed by atoms with Gasteiger partial charge in [0.05, 0.1) is 31.3 Å². The lowest BCUT2D eigenvalue weighted by Crippen LogP contribution is -2.58. The Hall–Kier alpha value is -5.46. The zero-order valence-corrected chi connectivity index (χ0v) is 36.5. The van der Waals surface area contributed by atoms with Crippen LogP contribution in [-0.2, 0) is 33.4 Å². The Kier molecular flexibility index (Phi) is 15.0. The Morgan fingerprint density at radius 1 is 0.850 bits per heavy atom. The van der Waals surface area contributed by atoms with E-state index >= 15 is 0 Å². The van der Waals surface area contributed by atoms with Gasteiger partial charge in [0.15, 0.2) is 0 Å². The SMILES string of the molecule is CCCC(NC(=O)C1CC(Oc2cc(-c3ccccc3)nc3cc(OC)ccc23)C=C1C(=O)NC(C(=O)NC(C(=O)OC)C1CCCCC1)C(C)(C)C)C(=O)OC(C)(C)C. The third-order valence-corrected chi connectivity index (χ3v) is 11.0. The second-order valence-corrected chi connectivity index (χ2v) is 17.9. The van der Waals surface area contributed by atoms with Gasteiger partial charge in [-0.1, -0.05) is 83.7 Å². The van der Waals surface area contributed by atoms with E-state index in [2.05, 4.69) is 16.0 Å². The molecule has 324 valence electrons. The first-order valence-electron chi connectivity index (χ1n) is 21.1. The lowest BCUT2D eigenvalue weighted by molar-refractivity contribution is -0.159. The fourth-order valence-corrected chi connectivity index (χ4v) is 7.90. The van der Waals surface area contributed by atoms with Crippen molar-refractivity contribution in [3.63, 3.8) is 0 Å². The number of esters is 2. The molecule has 5 atom stereocenters. The van der Waals surface area contributed by atoms with Gasteiger partial charge in [-0.25, -0.2) is 14.6 Å². The number of rotatable bonds is 15. The minimum atomic E-state index is -1.10. The van der Waals surface area contributed by atoms with E-state index in [1.165, 1.54) is 7.11 Å². The minimum absolute atomic E-state index is 0.0564. The molecule has 2 aliphatic rings. The Morgan fingerprint density at radius 2 is 1.55 bits per heavy atom. The molecule has 3 amide bonds. The molecule has 1 aromatic heterocycles. The smallest absolute Gasteiger partial charge is 0.329 e. The number of hydrogen-bond donors (Lipinski definition) is 3. The number of carbonyl (C=O) groups excluding carboxylic acids is 5. The molecule has 3 N–H and O–H groups in total. The molecule has 0 aliphatic heterocycles. The molecular weight excluding hydrogens is 765 g/mol. The van der Waals surface area contributed by atoms with Crippen molar-refractivity contribution in [3.8, 4) is 22.8 Å². The van der Waals surface area contributed by atoms with Crippen LogP contribution < -0.4 is 25.4 Å². The topological polar surface area (TPSA) is 171 Å². The fraction of sp³-hybridized carbons (Fsp3) is 0.532. The summed E-state index contributed by atoms with van der Waals surface area (Å²) in [5, 5.41) is 9.39. The summed E-state index contributed by atoms with van der Waals surface area (Å²) in [6.45, 7) is 12.6. The van der Waals surface area contributed by atoms with E-state index in [0.717, 1.165) is 37.7 Å². The van der Waals surface area contributed by atoms with Gasteiger partial charge in [0, 0.05) is 35.1 Å². The number of pyridine rings is 1. The molecule has 0 radical (unpaired) electrons. The summed E-state index contributed by atoms with van der Waals surface area (Å²) in [6.07, 6.45) is 6.28. The quantitative estimate of drug-likeness (QED) is 0.136. The molecule has 0 bridgehead atoms. The van der Waals surface area contributed by atoms with Crippen molar-refractivity contribution in [2.45, 2.75) is 130 Å². The highest BCUT2D eigenvalue weighted by Gasteiger charge is 2.43. The van der Waals surface area contributed by atoms with E-state index in [0.29, 0.717) is 40.9 Å². The number of fused-ring (bicyclic) bond motifs is 1. The van der Waals surface area contributed by atoms with Gasteiger partial charge in [0.2, 0.25) is 17.7 Å². The van der Waals surface area contributed by atoms with Gasteiger partial charge < -0.3 is 34.9 Å². The van der Waals surface area contributed by atoms with Crippen LogP contribution in [-0.4, -0.2) is 78.7 Å². The van der Waals surface area contributed by atoms with Crippen LogP contribution in [0.5, 0.6) is 11.5 Å². The maximum Gasteiger partial charge on any atom is 0.329 e. The normalized spacial score (nSPS) is 18.6. The molecule has 2 aliphatic carbocycles. The van der Waals surface area contributed by atoms with Crippen molar-refractivity contribution < 1.29 is 42.9 Å². The van der Waals surface area contributed by atoms with Crippen LogP contribution in [0.25, 0.3) is 22.2 Å². The first-order chi connectivity index (χ1) is 28.4. The number of carbonyl (C=O) groups is 5. The lowest BCUT2D eigenvalue weighted by Gasteiger charge is -2.34. The average molecular weight is 827 g/mol. The summed E-state index contributed by atoms with van der Waals surface area (Å²) in [4.78, 5) is 74.2. The number of amides is 3. The van der Waals surface area contributed by atoms with Crippen molar-refractivity contribution in [2.75, 3.05) is 14.2 Å². The second kappa shape index (κ2) is 19.7. The summed E-state index contributed by atoms with van der Waals surface area (Å²) in [7, 11) is 2.88. The van der Waals surface area contributed by atoms with Crippen LogP contribution in [0.15, 0.2) is 66.2 Å². The van der Waals surface area contributed by atoms with Crippen LogP contribution in [0, 0.1) is 17.3 Å². The predicted octanol–water partition coefficient (Wildman–Crippen LogP) is 7.00. The van der Waals surface area contributed by atoms with E-state index in [1.807, 2.05) is 76.2 Å². The standard InChI is InChI=1S/C47H62N4O9/c1-10-17-35(44(55)60-47(5,6)7)49-41(52)33-24-31(59-38-27-36(28-18-13-11-14-19-28)48-37-26-30(57-8)22-23-32(37)38)25-34(33)42(53)51-40(46(2,3)4)43(54)50-39(45(56)58-9)29-20-15-12-16-21-29/h11,13-14,18-19,22-23,25-27,29,31,33,35,39-40H,10,12,15-17,20-21,24H2,1-9H3,(H,49,52)(H,50,54)(H,51,53). The van der Waals surface area contributed by atoms with Gasteiger partial charge >= 0.3 is 11.9 Å². The van der Waals surface area contributed by atoms with Crippen molar-refractivity contribution in [1.82, 2.24) is 20.9 Å². The fourth-order valence-electron chi connectivity index (χ4n) is 7.90. The highest BCUT2D eigenvalue weighted by atomic mass is 16.6. The summed E-state index contributed by atoms with van der Waals surface area (Å²) >= 11 is 0. The molecule has 0 spiro atoms. The number of nitrogens with zero attached hydrogens (tertiary/aromatic N) is 1.